The van der Waals surface area contributed by atoms with Crippen LogP contribution in [0.2, 0.25) is 0 Å². The maximum atomic E-state index is 10.5. The zero-order valence-electron chi connectivity index (χ0n) is 13.2. The Bertz CT molecular complexity index is 504. The molecular formula is C18H27NO2. The lowest BCUT2D eigenvalue weighted by molar-refractivity contribution is 0.00459. The molecule has 0 unspecified atom stereocenters. The summed E-state index contributed by atoms with van der Waals surface area (Å²) >= 11 is 0. The standard InChI is InChI=1S/C18H27NO2/c1-17(2)11-14-7-6-8-15(16(14)21-17)12-19-13-18(20)9-4-3-5-10-18/h6-8,19-20H,3-5,9-13H2,1-2H3. The molecule has 0 atom stereocenters. The van der Waals surface area contributed by atoms with E-state index >= 15 is 0 Å². The highest BCUT2D eigenvalue weighted by Crippen LogP contribution is 2.37. The molecule has 0 saturated heterocycles. The predicted molar refractivity (Wildman–Crippen MR) is 84.6 cm³/mol. The summed E-state index contributed by atoms with van der Waals surface area (Å²) in [5, 5.41) is 14.0. The lowest BCUT2D eigenvalue weighted by atomic mass is 9.85. The van der Waals surface area contributed by atoms with Crippen molar-refractivity contribution in [2.45, 2.75) is 70.1 Å². The third kappa shape index (κ3) is 3.41. The molecule has 3 nitrogen and oxygen atoms in total. The Morgan fingerprint density at radius 3 is 2.71 bits per heavy atom. The number of fused-ring (bicyclic) bond motifs is 1. The van der Waals surface area contributed by atoms with Crippen molar-refractivity contribution in [2.24, 2.45) is 0 Å². The van der Waals surface area contributed by atoms with Gasteiger partial charge in [0.1, 0.15) is 11.4 Å². The van der Waals surface area contributed by atoms with Crippen molar-refractivity contribution in [3.8, 4) is 5.75 Å². The summed E-state index contributed by atoms with van der Waals surface area (Å²) in [6.45, 7) is 5.71. The largest absolute Gasteiger partial charge is 0.487 e. The maximum Gasteiger partial charge on any atom is 0.127 e. The number of benzene rings is 1. The second kappa shape index (κ2) is 5.62. The molecule has 1 heterocycles. The first-order chi connectivity index (χ1) is 9.98. The fourth-order valence-electron chi connectivity index (χ4n) is 3.64. The van der Waals surface area contributed by atoms with E-state index in [0.29, 0.717) is 6.54 Å². The molecule has 1 aliphatic heterocycles. The van der Waals surface area contributed by atoms with Crippen molar-refractivity contribution in [1.82, 2.24) is 5.32 Å². The van der Waals surface area contributed by atoms with E-state index in [1.807, 2.05) is 0 Å². The summed E-state index contributed by atoms with van der Waals surface area (Å²) in [6.07, 6.45) is 6.39. The summed E-state index contributed by atoms with van der Waals surface area (Å²) in [5.74, 6) is 1.05. The number of hydrogen-bond acceptors (Lipinski definition) is 3. The van der Waals surface area contributed by atoms with Crippen LogP contribution in [0.5, 0.6) is 5.75 Å². The van der Waals surface area contributed by atoms with Gasteiger partial charge in [0.05, 0.1) is 5.60 Å². The van der Waals surface area contributed by atoms with Crippen molar-refractivity contribution >= 4 is 0 Å². The topological polar surface area (TPSA) is 41.5 Å². The number of aliphatic hydroxyl groups is 1. The Balaban J connectivity index is 1.61. The zero-order chi connectivity index (χ0) is 14.9. The minimum Gasteiger partial charge on any atom is -0.487 e. The van der Waals surface area contributed by atoms with E-state index in [4.69, 9.17) is 4.74 Å². The van der Waals surface area contributed by atoms with Crippen LogP contribution < -0.4 is 10.1 Å². The first kappa shape index (κ1) is 14.9. The van der Waals surface area contributed by atoms with Crippen molar-refractivity contribution in [3.05, 3.63) is 29.3 Å². The lowest BCUT2D eigenvalue weighted by Crippen LogP contribution is -2.41. The Labute approximate surface area is 127 Å². The van der Waals surface area contributed by atoms with Crippen LogP contribution in [-0.4, -0.2) is 22.9 Å². The van der Waals surface area contributed by atoms with Crippen LogP contribution in [0.15, 0.2) is 18.2 Å². The van der Waals surface area contributed by atoms with Gasteiger partial charge < -0.3 is 15.2 Å². The van der Waals surface area contributed by atoms with E-state index in [2.05, 4.69) is 37.4 Å². The SMILES string of the molecule is CC1(C)Cc2cccc(CNCC3(O)CCCCC3)c2O1. The summed E-state index contributed by atoms with van der Waals surface area (Å²) in [7, 11) is 0. The van der Waals surface area contributed by atoms with E-state index in [9.17, 15) is 5.11 Å². The van der Waals surface area contributed by atoms with Crippen molar-refractivity contribution in [3.63, 3.8) is 0 Å². The Morgan fingerprint density at radius 2 is 1.95 bits per heavy atom. The van der Waals surface area contributed by atoms with Gasteiger partial charge in [0.2, 0.25) is 0 Å². The van der Waals surface area contributed by atoms with Crippen LogP contribution in [0.3, 0.4) is 0 Å². The maximum absolute atomic E-state index is 10.5. The highest BCUT2D eigenvalue weighted by molar-refractivity contribution is 5.45. The molecule has 3 heteroatoms. The molecule has 0 aromatic heterocycles. The average Bonchev–Trinajstić information content (AvgIpc) is 2.74. The minimum atomic E-state index is -0.504. The fourth-order valence-corrected chi connectivity index (χ4v) is 3.64. The highest BCUT2D eigenvalue weighted by Gasteiger charge is 2.32. The van der Waals surface area contributed by atoms with Crippen molar-refractivity contribution < 1.29 is 9.84 Å². The molecule has 0 radical (unpaired) electrons. The van der Waals surface area contributed by atoms with Crippen LogP contribution >= 0.6 is 0 Å². The molecule has 0 amide bonds. The molecule has 21 heavy (non-hydrogen) atoms. The smallest absolute Gasteiger partial charge is 0.127 e. The van der Waals surface area contributed by atoms with Gasteiger partial charge in [0.25, 0.3) is 0 Å². The Hall–Kier alpha value is -1.06. The van der Waals surface area contributed by atoms with Gasteiger partial charge in [-0.05, 0) is 32.3 Å². The third-order valence-electron chi connectivity index (χ3n) is 4.73. The van der Waals surface area contributed by atoms with Gasteiger partial charge in [0.15, 0.2) is 0 Å². The Kier molecular flexibility index (Phi) is 3.98. The summed E-state index contributed by atoms with van der Waals surface area (Å²) in [4.78, 5) is 0. The van der Waals surface area contributed by atoms with Gasteiger partial charge in [-0.3, -0.25) is 0 Å². The van der Waals surface area contributed by atoms with Gasteiger partial charge in [-0.25, -0.2) is 0 Å². The van der Waals surface area contributed by atoms with Crippen LogP contribution in [0.25, 0.3) is 0 Å². The number of rotatable bonds is 4. The third-order valence-corrected chi connectivity index (χ3v) is 4.73. The molecule has 1 aromatic rings. The molecule has 1 aromatic carbocycles. The molecule has 0 spiro atoms. The molecule has 116 valence electrons. The summed E-state index contributed by atoms with van der Waals surface area (Å²) in [6, 6.07) is 6.39. The average molecular weight is 289 g/mol. The first-order valence-electron chi connectivity index (χ1n) is 8.20. The predicted octanol–water partition coefficient (Wildman–Crippen LogP) is 3.18. The first-order valence-corrected chi connectivity index (χ1v) is 8.20. The van der Waals surface area contributed by atoms with E-state index in [-0.39, 0.29) is 5.60 Å². The van der Waals surface area contributed by atoms with Gasteiger partial charge >= 0.3 is 0 Å². The van der Waals surface area contributed by atoms with Crippen LogP contribution in [0.4, 0.5) is 0 Å². The second-order valence-corrected chi connectivity index (χ2v) is 7.33. The molecule has 3 rings (SSSR count). The molecule has 1 saturated carbocycles. The summed E-state index contributed by atoms with van der Waals surface area (Å²) in [5.41, 5.74) is 1.91. The van der Waals surface area contributed by atoms with E-state index < -0.39 is 5.60 Å². The number of ether oxygens (including phenoxy) is 1. The summed E-state index contributed by atoms with van der Waals surface area (Å²) < 4.78 is 6.09. The Morgan fingerprint density at radius 1 is 1.19 bits per heavy atom. The van der Waals surface area contributed by atoms with Gasteiger partial charge in [0, 0.05) is 25.1 Å². The fraction of sp³-hybridized carbons (Fsp3) is 0.667. The van der Waals surface area contributed by atoms with Crippen LogP contribution in [0.1, 0.15) is 57.1 Å². The second-order valence-electron chi connectivity index (χ2n) is 7.33. The lowest BCUT2D eigenvalue weighted by Gasteiger charge is -2.32. The zero-order valence-corrected chi connectivity index (χ0v) is 13.2. The molecule has 1 fully saturated rings. The minimum absolute atomic E-state index is 0.0972. The van der Waals surface area contributed by atoms with Crippen LogP contribution in [-0.2, 0) is 13.0 Å². The number of hydrogen-bond donors (Lipinski definition) is 2. The number of nitrogens with one attached hydrogen (secondary N) is 1. The molecule has 2 aliphatic rings. The highest BCUT2D eigenvalue weighted by atomic mass is 16.5. The van der Waals surface area contributed by atoms with Gasteiger partial charge in [-0.1, -0.05) is 37.5 Å². The van der Waals surface area contributed by atoms with Crippen LogP contribution in [0, 0.1) is 0 Å². The normalized spacial score (nSPS) is 22.6. The quantitative estimate of drug-likeness (QED) is 0.894. The molecule has 2 N–H and O–H groups in total. The van der Waals surface area contributed by atoms with E-state index in [1.54, 1.807) is 0 Å². The van der Waals surface area contributed by atoms with Crippen molar-refractivity contribution in [2.75, 3.05) is 6.54 Å². The van der Waals surface area contributed by atoms with Crippen molar-refractivity contribution in [1.29, 1.82) is 0 Å². The molecule has 1 aliphatic carbocycles. The molecular weight excluding hydrogens is 262 g/mol. The number of para-hydroxylation sites is 1. The van der Waals surface area contributed by atoms with E-state index in [1.165, 1.54) is 17.5 Å². The molecule has 0 bridgehead atoms. The van der Waals surface area contributed by atoms with Gasteiger partial charge in [-0.2, -0.15) is 0 Å². The van der Waals surface area contributed by atoms with E-state index in [0.717, 1.165) is 44.4 Å². The monoisotopic (exact) mass is 289 g/mol. The van der Waals surface area contributed by atoms with Gasteiger partial charge in [-0.15, -0.1) is 0 Å².